The zero-order valence-electron chi connectivity index (χ0n) is 12.2. The van der Waals surface area contributed by atoms with Gasteiger partial charge < -0.3 is 21.5 Å². The zero-order valence-corrected chi connectivity index (χ0v) is 13.0. The fourth-order valence-electron chi connectivity index (χ4n) is 1.47. The summed E-state index contributed by atoms with van der Waals surface area (Å²) in [6.45, 7) is 4.70. The van der Waals surface area contributed by atoms with E-state index in [2.05, 4.69) is 19.2 Å². The summed E-state index contributed by atoms with van der Waals surface area (Å²) >= 11 is 0. The number of benzene rings is 1. The van der Waals surface area contributed by atoms with E-state index in [-0.39, 0.29) is 18.8 Å². The van der Waals surface area contributed by atoms with Crippen LogP contribution in [0.1, 0.15) is 20.3 Å². The number of hydrogen-bond acceptors (Lipinski definition) is 4. The van der Waals surface area contributed by atoms with Gasteiger partial charge in [0.2, 0.25) is 11.8 Å². The number of halogens is 1. The Bertz CT molecular complexity index is 480. The first-order valence-electron chi connectivity index (χ1n) is 6.46. The van der Waals surface area contributed by atoms with Gasteiger partial charge in [-0.05, 0) is 18.1 Å². The van der Waals surface area contributed by atoms with E-state index in [1.807, 2.05) is 0 Å². The maximum Gasteiger partial charge on any atom is 0.241 e. The van der Waals surface area contributed by atoms with Gasteiger partial charge in [0, 0.05) is 11.8 Å². The predicted molar refractivity (Wildman–Crippen MR) is 84.4 cm³/mol. The molecule has 1 atom stereocenters. The largest absolute Gasteiger partial charge is 0.493 e. The molecule has 0 fully saturated rings. The molecule has 6 nitrogen and oxygen atoms in total. The number of hydrogen-bond donors (Lipinski definition) is 3. The lowest BCUT2D eigenvalue weighted by Gasteiger charge is -2.12. The Labute approximate surface area is 130 Å². The third kappa shape index (κ3) is 7.53. The van der Waals surface area contributed by atoms with Crippen LogP contribution in [-0.2, 0) is 9.59 Å². The first-order chi connectivity index (χ1) is 9.38. The standard InChI is InChI=1S/C14H21N3O3.ClH/c1-9(2)8-20-11-5-3-4-10(6-11)17-14(19)12(15)7-13(16)18;/h3-6,9,12H,7-8,15H2,1-2H3,(H2,16,18)(H,17,19);1H. The topological polar surface area (TPSA) is 107 Å². The lowest BCUT2D eigenvalue weighted by molar-refractivity contribution is -0.123. The molecule has 0 saturated carbocycles. The van der Waals surface area contributed by atoms with Gasteiger partial charge in [0.05, 0.1) is 19.1 Å². The van der Waals surface area contributed by atoms with Crippen LogP contribution in [0.2, 0.25) is 0 Å². The lowest BCUT2D eigenvalue weighted by Crippen LogP contribution is -2.38. The molecule has 1 aromatic rings. The highest BCUT2D eigenvalue weighted by atomic mass is 35.5. The zero-order chi connectivity index (χ0) is 15.1. The summed E-state index contributed by atoms with van der Waals surface area (Å²) < 4.78 is 5.56. The second-order valence-corrected chi connectivity index (χ2v) is 5.00. The number of anilines is 1. The number of carbonyl (C=O) groups excluding carboxylic acids is 2. The van der Waals surface area contributed by atoms with Crippen LogP contribution in [-0.4, -0.2) is 24.5 Å². The normalized spacial score (nSPS) is 11.4. The molecule has 1 rings (SSSR count). The monoisotopic (exact) mass is 315 g/mol. The summed E-state index contributed by atoms with van der Waals surface area (Å²) in [5, 5.41) is 2.62. The third-order valence-electron chi connectivity index (χ3n) is 2.44. The van der Waals surface area contributed by atoms with Gasteiger partial charge in [-0.2, -0.15) is 0 Å². The Morgan fingerprint density at radius 2 is 2.00 bits per heavy atom. The molecule has 0 saturated heterocycles. The van der Waals surface area contributed by atoms with Crippen molar-refractivity contribution in [3.63, 3.8) is 0 Å². The average molecular weight is 316 g/mol. The second kappa shape index (κ2) is 9.20. The molecule has 2 amide bonds. The molecule has 1 aromatic carbocycles. The van der Waals surface area contributed by atoms with Gasteiger partial charge in [0.1, 0.15) is 5.75 Å². The van der Waals surface area contributed by atoms with Crippen molar-refractivity contribution in [3.8, 4) is 5.75 Å². The van der Waals surface area contributed by atoms with Crippen LogP contribution < -0.4 is 21.5 Å². The van der Waals surface area contributed by atoms with Crippen molar-refractivity contribution in [1.82, 2.24) is 0 Å². The molecule has 0 aliphatic carbocycles. The van der Waals surface area contributed by atoms with Crippen molar-refractivity contribution in [2.75, 3.05) is 11.9 Å². The molecular formula is C14H22ClN3O3. The molecular weight excluding hydrogens is 294 g/mol. The van der Waals surface area contributed by atoms with E-state index < -0.39 is 17.9 Å². The number of amides is 2. The van der Waals surface area contributed by atoms with Crippen LogP contribution in [0, 0.1) is 5.92 Å². The SMILES string of the molecule is CC(C)COc1cccc(NC(=O)C(N)CC(N)=O)c1.Cl. The molecule has 118 valence electrons. The third-order valence-corrected chi connectivity index (χ3v) is 2.44. The van der Waals surface area contributed by atoms with Crippen molar-refractivity contribution in [1.29, 1.82) is 0 Å². The van der Waals surface area contributed by atoms with Gasteiger partial charge in [-0.15, -0.1) is 12.4 Å². The van der Waals surface area contributed by atoms with Gasteiger partial charge >= 0.3 is 0 Å². The van der Waals surface area contributed by atoms with Crippen LogP contribution in [0.5, 0.6) is 5.75 Å². The van der Waals surface area contributed by atoms with E-state index in [0.29, 0.717) is 24.0 Å². The van der Waals surface area contributed by atoms with E-state index in [1.54, 1.807) is 24.3 Å². The number of primary amides is 1. The lowest BCUT2D eigenvalue weighted by atomic mass is 10.2. The molecule has 21 heavy (non-hydrogen) atoms. The quantitative estimate of drug-likeness (QED) is 0.704. The highest BCUT2D eigenvalue weighted by Crippen LogP contribution is 2.18. The molecule has 0 bridgehead atoms. The smallest absolute Gasteiger partial charge is 0.241 e. The van der Waals surface area contributed by atoms with Gasteiger partial charge in [0.15, 0.2) is 0 Å². The maximum absolute atomic E-state index is 11.7. The van der Waals surface area contributed by atoms with E-state index in [1.165, 1.54) is 0 Å². The number of carbonyl (C=O) groups is 2. The molecule has 5 N–H and O–H groups in total. The number of ether oxygens (including phenoxy) is 1. The summed E-state index contributed by atoms with van der Waals surface area (Å²) in [6.07, 6.45) is -0.185. The molecule has 0 aliphatic rings. The van der Waals surface area contributed by atoms with Gasteiger partial charge in [-0.1, -0.05) is 19.9 Å². The van der Waals surface area contributed by atoms with Crippen molar-refractivity contribution in [2.24, 2.45) is 17.4 Å². The Hall–Kier alpha value is -1.79. The second-order valence-electron chi connectivity index (χ2n) is 5.00. The Kier molecular flexibility index (Phi) is 8.42. The van der Waals surface area contributed by atoms with E-state index in [4.69, 9.17) is 16.2 Å². The average Bonchev–Trinajstić information content (AvgIpc) is 2.36. The van der Waals surface area contributed by atoms with Crippen LogP contribution in [0.3, 0.4) is 0 Å². The van der Waals surface area contributed by atoms with Crippen molar-refractivity contribution >= 4 is 29.9 Å². The minimum absolute atomic E-state index is 0. The number of rotatable bonds is 7. The summed E-state index contributed by atoms with van der Waals surface area (Å²) in [6, 6.07) is 6.05. The Balaban J connectivity index is 0.00000400. The van der Waals surface area contributed by atoms with Crippen LogP contribution >= 0.6 is 12.4 Å². The van der Waals surface area contributed by atoms with Gasteiger partial charge in [-0.25, -0.2) is 0 Å². The fraction of sp³-hybridized carbons (Fsp3) is 0.429. The maximum atomic E-state index is 11.7. The first-order valence-corrected chi connectivity index (χ1v) is 6.46. The van der Waals surface area contributed by atoms with E-state index in [0.717, 1.165) is 0 Å². The van der Waals surface area contributed by atoms with Crippen molar-refractivity contribution in [3.05, 3.63) is 24.3 Å². The number of nitrogens with two attached hydrogens (primary N) is 2. The van der Waals surface area contributed by atoms with Crippen molar-refractivity contribution < 1.29 is 14.3 Å². The van der Waals surface area contributed by atoms with Crippen LogP contribution in [0.25, 0.3) is 0 Å². The van der Waals surface area contributed by atoms with E-state index in [9.17, 15) is 9.59 Å². The molecule has 7 heteroatoms. The fourth-order valence-corrected chi connectivity index (χ4v) is 1.47. The molecule has 0 aromatic heterocycles. The van der Waals surface area contributed by atoms with E-state index >= 15 is 0 Å². The van der Waals surface area contributed by atoms with Crippen LogP contribution in [0.4, 0.5) is 5.69 Å². The first kappa shape index (κ1) is 19.2. The minimum atomic E-state index is -0.951. The summed E-state index contributed by atoms with van der Waals surface area (Å²) in [5.74, 6) is 0.0173. The molecule has 0 heterocycles. The molecule has 0 spiro atoms. The molecule has 1 unspecified atom stereocenters. The summed E-state index contributed by atoms with van der Waals surface area (Å²) in [7, 11) is 0. The highest BCUT2D eigenvalue weighted by molar-refractivity contribution is 5.97. The Morgan fingerprint density at radius 1 is 1.33 bits per heavy atom. The highest BCUT2D eigenvalue weighted by Gasteiger charge is 2.16. The minimum Gasteiger partial charge on any atom is -0.493 e. The predicted octanol–water partition coefficient (Wildman–Crippen LogP) is 1.28. The molecule has 0 radical (unpaired) electrons. The summed E-state index contributed by atoms with van der Waals surface area (Å²) in [4.78, 5) is 22.5. The summed E-state index contributed by atoms with van der Waals surface area (Å²) in [5.41, 5.74) is 11.1. The van der Waals surface area contributed by atoms with Gasteiger partial charge in [0.25, 0.3) is 0 Å². The van der Waals surface area contributed by atoms with Crippen molar-refractivity contribution in [2.45, 2.75) is 26.3 Å². The van der Waals surface area contributed by atoms with Gasteiger partial charge in [-0.3, -0.25) is 9.59 Å². The number of nitrogens with one attached hydrogen (secondary N) is 1. The Morgan fingerprint density at radius 3 is 2.57 bits per heavy atom. The molecule has 0 aliphatic heterocycles. The van der Waals surface area contributed by atoms with Crippen LogP contribution in [0.15, 0.2) is 24.3 Å².